The lowest BCUT2D eigenvalue weighted by molar-refractivity contribution is 0.612. The summed E-state index contributed by atoms with van der Waals surface area (Å²) in [6.07, 6.45) is 9.97. The third-order valence-corrected chi connectivity index (χ3v) is 4.22. The monoisotopic (exact) mass is 189 g/mol. The molecule has 1 aliphatic rings. The van der Waals surface area contributed by atoms with E-state index in [1.165, 1.54) is 50.7 Å². The quantitative estimate of drug-likeness (QED) is 0.522. The summed E-state index contributed by atoms with van der Waals surface area (Å²) < 4.78 is 0. The number of rotatable bonds is 0. The lowest BCUT2D eigenvalue weighted by Crippen LogP contribution is -1.79. The fourth-order valence-corrected chi connectivity index (χ4v) is 3.24. The molecule has 0 bridgehead atoms. The molecule has 0 aromatic heterocycles. The van der Waals surface area contributed by atoms with E-state index in [0.717, 1.165) is 0 Å². The molecule has 0 spiro atoms. The Kier molecular flexibility index (Phi) is 6.54. The fourth-order valence-electron chi connectivity index (χ4n) is 1.24. The molecule has 0 aliphatic carbocycles. The normalized spacial score (nSPS) is 24.0. The molecule has 1 heterocycles. The van der Waals surface area contributed by atoms with Crippen molar-refractivity contribution < 1.29 is 0 Å². The van der Waals surface area contributed by atoms with Gasteiger partial charge in [-0.05, 0) is 12.8 Å². The van der Waals surface area contributed by atoms with Crippen LogP contribution < -0.4 is 0 Å². The van der Waals surface area contributed by atoms with Gasteiger partial charge in [-0.3, -0.25) is 0 Å². The molecule has 0 nitrogen and oxygen atoms in total. The molecule has 2 heteroatoms. The van der Waals surface area contributed by atoms with E-state index in [2.05, 4.69) is 5.75 Å². The summed E-state index contributed by atoms with van der Waals surface area (Å²) in [4.78, 5) is 0. The van der Waals surface area contributed by atoms with Crippen molar-refractivity contribution >= 4 is 21.6 Å². The zero-order chi connectivity index (χ0) is 7.78. The van der Waals surface area contributed by atoms with Gasteiger partial charge in [0.25, 0.3) is 0 Å². The van der Waals surface area contributed by atoms with Crippen LogP contribution in [-0.2, 0) is 0 Å². The van der Waals surface area contributed by atoms with Crippen LogP contribution in [0.4, 0.5) is 0 Å². The predicted octanol–water partition coefficient (Wildman–Crippen LogP) is 4.27. The summed E-state index contributed by atoms with van der Waals surface area (Å²) in [7, 11) is 3.97. The van der Waals surface area contributed by atoms with Crippen molar-refractivity contribution in [3.8, 4) is 0 Å². The van der Waals surface area contributed by atoms with Gasteiger partial charge in [-0.25, -0.2) is 0 Å². The molecule has 1 fully saturated rings. The molecular formula is C9H17S2. The smallest absolute Gasteiger partial charge is 0.0278 e. The molecule has 1 radical (unpaired) electrons. The van der Waals surface area contributed by atoms with Crippen LogP contribution in [0, 0.1) is 5.75 Å². The van der Waals surface area contributed by atoms with Gasteiger partial charge in [0.1, 0.15) is 0 Å². The molecule has 11 heavy (non-hydrogen) atoms. The summed E-state index contributed by atoms with van der Waals surface area (Å²) in [6, 6.07) is 0. The van der Waals surface area contributed by atoms with E-state index in [1.54, 1.807) is 0 Å². The Morgan fingerprint density at radius 2 is 1.55 bits per heavy atom. The summed E-state index contributed by atoms with van der Waals surface area (Å²) in [5.41, 5.74) is 0. The minimum atomic E-state index is 1.32. The molecule has 0 saturated carbocycles. The van der Waals surface area contributed by atoms with E-state index < -0.39 is 0 Å². The van der Waals surface area contributed by atoms with E-state index in [-0.39, 0.29) is 0 Å². The molecule has 1 aliphatic heterocycles. The van der Waals surface area contributed by atoms with Crippen LogP contribution in [0.5, 0.6) is 0 Å². The van der Waals surface area contributed by atoms with Crippen molar-refractivity contribution in [2.45, 2.75) is 44.9 Å². The van der Waals surface area contributed by atoms with Crippen molar-refractivity contribution in [2.24, 2.45) is 0 Å². The van der Waals surface area contributed by atoms with Gasteiger partial charge in [0.15, 0.2) is 0 Å². The van der Waals surface area contributed by atoms with Gasteiger partial charge < -0.3 is 0 Å². The molecule has 0 N–H and O–H groups in total. The molecule has 1 saturated heterocycles. The van der Waals surface area contributed by atoms with Crippen LogP contribution in [-0.4, -0.2) is 5.75 Å². The van der Waals surface area contributed by atoms with Crippen molar-refractivity contribution in [1.82, 2.24) is 0 Å². The van der Waals surface area contributed by atoms with Crippen molar-refractivity contribution in [3.63, 3.8) is 0 Å². The molecule has 0 atom stereocenters. The first-order chi connectivity index (χ1) is 5.50. The summed E-state index contributed by atoms with van der Waals surface area (Å²) >= 11 is 0. The van der Waals surface area contributed by atoms with E-state index >= 15 is 0 Å². The largest absolute Gasteiger partial charge is 0.0938 e. The molecule has 1 rings (SSSR count). The van der Waals surface area contributed by atoms with Crippen molar-refractivity contribution in [1.29, 1.82) is 0 Å². The van der Waals surface area contributed by atoms with Crippen LogP contribution in [0.1, 0.15) is 44.9 Å². The van der Waals surface area contributed by atoms with Gasteiger partial charge in [0.2, 0.25) is 0 Å². The SMILES string of the molecule is [CH]1CCCCCCCCSS1. The van der Waals surface area contributed by atoms with Crippen LogP contribution >= 0.6 is 21.6 Å². The molecule has 0 aromatic rings. The van der Waals surface area contributed by atoms with Gasteiger partial charge >= 0.3 is 0 Å². The maximum atomic E-state index is 2.37. The minimum Gasteiger partial charge on any atom is -0.0938 e. The summed E-state index contributed by atoms with van der Waals surface area (Å²) in [6.45, 7) is 0. The summed E-state index contributed by atoms with van der Waals surface area (Å²) in [5, 5.41) is 0. The number of hydrogen-bond donors (Lipinski definition) is 0. The van der Waals surface area contributed by atoms with Gasteiger partial charge in [0.05, 0.1) is 0 Å². The minimum absolute atomic E-state index is 1.32. The van der Waals surface area contributed by atoms with Crippen LogP contribution in [0.15, 0.2) is 0 Å². The highest BCUT2D eigenvalue weighted by molar-refractivity contribution is 8.77. The molecular weight excluding hydrogens is 172 g/mol. The number of hydrogen-bond acceptors (Lipinski definition) is 2. The third-order valence-electron chi connectivity index (χ3n) is 1.94. The standard InChI is InChI=1S/C9H17S2/c1-2-4-6-8-10-11-9-7-5-3-1/h8H,1-7,9H2. The fraction of sp³-hybridized carbons (Fsp3) is 0.889. The molecule has 0 amide bonds. The Bertz CT molecular complexity index is 45.6. The maximum Gasteiger partial charge on any atom is 0.0278 e. The highest BCUT2D eigenvalue weighted by Gasteiger charge is 1.96. The second-order valence-electron chi connectivity index (χ2n) is 2.99. The summed E-state index contributed by atoms with van der Waals surface area (Å²) in [5.74, 6) is 3.72. The van der Waals surface area contributed by atoms with Crippen LogP contribution in [0.2, 0.25) is 0 Å². The average molecular weight is 189 g/mol. The third kappa shape index (κ3) is 5.92. The van der Waals surface area contributed by atoms with E-state index in [9.17, 15) is 0 Å². The first-order valence-corrected chi connectivity index (χ1v) is 6.98. The maximum absolute atomic E-state index is 2.37. The highest BCUT2D eigenvalue weighted by Crippen LogP contribution is 2.28. The Balaban J connectivity index is 2.02. The van der Waals surface area contributed by atoms with Gasteiger partial charge in [-0.2, -0.15) is 0 Å². The zero-order valence-electron chi connectivity index (χ0n) is 7.05. The first-order valence-electron chi connectivity index (χ1n) is 4.60. The van der Waals surface area contributed by atoms with E-state index in [1.807, 2.05) is 21.6 Å². The highest BCUT2D eigenvalue weighted by atomic mass is 33.1. The Labute approximate surface area is 78.3 Å². The van der Waals surface area contributed by atoms with Crippen molar-refractivity contribution in [3.05, 3.63) is 5.75 Å². The first kappa shape index (κ1) is 9.79. The topological polar surface area (TPSA) is 0 Å². The molecule has 0 aromatic carbocycles. The van der Waals surface area contributed by atoms with Crippen LogP contribution in [0.3, 0.4) is 0 Å². The Morgan fingerprint density at radius 3 is 2.45 bits per heavy atom. The second kappa shape index (κ2) is 7.35. The second-order valence-corrected chi connectivity index (χ2v) is 5.45. The van der Waals surface area contributed by atoms with Crippen molar-refractivity contribution in [2.75, 3.05) is 5.75 Å². The average Bonchev–Trinajstić information content (AvgIpc) is 2.08. The zero-order valence-corrected chi connectivity index (χ0v) is 8.68. The Morgan fingerprint density at radius 1 is 0.818 bits per heavy atom. The van der Waals surface area contributed by atoms with Gasteiger partial charge in [-0.15, -0.1) is 0 Å². The molecule has 0 unspecified atom stereocenters. The van der Waals surface area contributed by atoms with E-state index in [0.29, 0.717) is 0 Å². The lowest BCUT2D eigenvalue weighted by Gasteiger charge is -1.97. The van der Waals surface area contributed by atoms with Gasteiger partial charge in [0, 0.05) is 11.5 Å². The van der Waals surface area contributed by atoms with E-state index in [4.69, 9.17) is 0 Å². The van der Waals surface area contributed by atoms with Crippen LogP contribution in [0.25, 0.3) is 0 Å². The lowest BCUT2D eigenvalue weighted by atomic mass is 10.1. The predicted molar refractivity (Wildman–Crippen MR) is 56.7 cm³/mol. The van der Waals surface area contributed by atoms with Gasteiger partial charge in [-0.1, -0.05) is 53.7 Å². The Hall–Kier alpha value is 0.700. The molecule has 65 valence electrons.